The zero-order chi connectivity index (χ0) is 33.9. The lowest BCUT2D eigenvalue weighted by molar-refractivity contribution is -0.136. The predicted molar refractivity (Wildman–Crippen MR) is 176 cm³/mol. The number of aromatic amines is 1. The highest BCUT2D eigenvalue weighted by molar-refractivity contribution is 7.91. The van der Waals surface area contributed by atoms with Crippen LogP contribution in [0.25, 0.3) is 10.9 Å². The third-order valence-corrected chi connectivity index (χ3v) is 10.3. The minimum absolute atomic E-state index is 0.0187. The first kappa shape index (κ1) is 33.7. The average Bonchev–Trinajstić information content (AvgIpc) is 3.49. The molecule has 0 radical (unpaired) electrons. The van der Waals surface area contributed by atoms with Gasteiger partial charge in [0, 0.05) is 42.4 Å². The van der Waals surface area contributed by atoms with Crippen molar-refractivity contribution in [3.63, 3.8) is 0 Å². The Bertz CT molecular complexity index is 1970. The maximum absolute atomic E-state index is 15.6. The molecule has 0 spiro atoms. The second-order valence-corrected chi connectivity index (χ2v) is 14.7. The number of sulfone groups is 1. The van der Waals surface area contributed by atoms with E-state index in [4.69, 9.17) is 10.1 Å². The lowest BCUT2D eigenvalue weighted by Gasteiger charge is -2.26. The number of carbonyl (C=O) groups is 1. The molecule has 47 heavy (non-hydrogen) atoms. The van der Waals surface area contributed by atoms with Gasteiger partial charge in [-0.1, -0.05) is 44.5 Å². The summed E-state index contributed by atoms with van der Waals surface area (Å²) >= 11 is 0. The molecule has 2 bridgehead atoms. The first-order valence-corrected chi connectivity index (χ1v) is 17.1. The number of aromatic nitrogens is 2. The number of H-pyrrole nitrogens is 1. The van der Waals surface area contributed by atoms with Crippen LogP contribution in [0.5, 0.6) is 11.5 Å². The summed E-state index contributed by atoms with van der Waals surface area (Å²) in [5, 5.41) is 21.7. The van der Waals surface area contributed by atoms with Gasteiger partial charge in [-0.05, 0) is 47.9 Å². The number of nitrogens with zero attached hydrogens (tertiary/aromatic N) is 2. The smallest absolute Gasteiger partial charge is 0.307 e. The van der Waals surface area contributed by atoms with Gasteiger partial charge < -0.3 is 20.1 Å². The lowest BCUT2D eigenvalue weighted by Crippen LogP contribution is -2.27. The highest BCUT2D eigenvalue weighted by atomic mass is 32.2. The van der Waals surface area contributed by atoms with Crippen molar-refractivity contribution in [2.24, 2.45) is 10.4 Å². The molecule has 1 aliphatic rings. The molecule has 10 nitrogen and oxygen atoms in total. The van der Waals surface area contributed by atoms with E-state index in [1.165, 1.54) is 24.5 Å². The van der Waals surface area contributed by atoms with Crippen molar-refractivity contribution in [3.8, 4) is 11.5 Å². The summed E-state index contributed by atoms with van der Waals surface area (Å²) in [5.74, 6) is -4.46. The van der Waals surface area contributed by atoms with Crippen LogP contribution >= 0.6 is 0 Å². The van der Waals surface area contributed by atoms with Crippen molar-refractivity contribution < 1.29 is 31.8 Å². The zero-order valence-corrected chi connectivity index (χ0v) is 27.2. The normalized spacial score (nSPS) is 19.8. The van der Waals surface area contributed by atoms with E-state index in [1.807, 2.05) is 19.9 Å². The number of fused-ring (bicyclic) bond motifs is 5. The van der Waals surface area contributed by atoms with Crippen molar-refractivity contribution in [1.29, 1.82) is 5.41 Å². The minimum atomic E-state index is -3.66. The minimum Gasteiger partial charge on any atom is -0.481 e. The fourth-order valence-electron chi connectivity index (χ4n) is 6.12. The summed E-state index contributed by atoms with van der Waals surface area (Å²) in [4.78, 5) is 23.0. The zero-order valence-electron chi connectivity index (χ0n) is 26.4. The molecule has 1 unspecified atom stereocenters. The number of hydrogen-bond acceptors (Lipinski definition) is 7. The number of aliphatic imine (C=N–C) groups is 1. The molecule has 0 saturated carbocycles. The van der Waals surface area contributed by atoms with E-state index in [0.717, 1.165) is 0 Å². The molecule has 4 N–H and O–H groups in total. The Morgan fingerprint density at radius 3 is 2.72 bits per heavy atom. The number of nitrogens with one attached hydrogen (secondary N) is 3. The number of pyridine rings is 1. The SMILES string of the molecule is CN/C1=N\C(=N)C(c2cccc(CC(=O)O)c2)CCCC(C)(C)CS(=O)(=O)CCc2c(c(F)c(F)c3[nH]ccc23)Oc2ccnc1c2. The lowest BCUT2D eigenvalue weighted by atomic mass is 9.85. The third kappa shape index (κ3) is 7.84. The number of carboxylic acid groups (broad SMARTS) is 1. The first-order valence-electron chi connectivity index (χ1n) is 15.2. The van der Waals surface area contributed by atoms with Crippen LogP contribution < -0.4 is 10.1 Å². The molecule has 13 heteroatoms. The fourth-order valence-corrected chi connectivity index (χ4v) is 8.12. The molecule has 2 aromatic heterocycles. The van der Waals surface area contributed by atoms with Gasteiger partial charge >= 0.3 is 5.97 Å². The number of amidine groups is 2. The van der Waals surface area contributed by atoms with E-state index >= 15 is 8.78 Å². The number of halogens is 2. The van der Waals surface area contributed by atoms with Crippen molar-refractivity contribution in [2.75, 3.05) is 18.6 Å². The van der Waals surface area contributed by atoms with Crippen LogP contribution in [0.1, 0.15) is 61.4 Å². The van der Waals surface area contributed by atoms with E-state index in [0.29, 0.717) is 35.8 Å². The number of aliphatic carboxylic acids is 1. The van der Waals surface area contributed by atoms with E-state index in [1.54, 1.807) is 31.3 Å². The van der Waals surface area contributed by atoms with E-state index in [9.17, 15) is 18.3 Å². The van der Waals surface area contributed by atoms with Crippen molar-refractivity contribution >= 4 is 38.4 Å². The first-order chi connectivity index (χ1) is 22.3. The number of ether oxygens (including phenoxy) is 1. The highest BCUT2D eigenvalue weighted by Gasteiger charge is 2.30. The van der Waals surface area contributed by atoms with Gasteiger partial charge in [-0.2, -0.15) is 4.39 Å². The molecule has 2 aromatic carbocycles. The maximum Gasteiger partial charge on any atom is 0.307 e. The van der Waals surface area contributed by atoms with E-state index < -0.39 is 44.5 Å². The van der Waals surface area contributed by atoms with Crippen LogP contribution in [0.4, 0.5) is 8.78 Å². The summed E-state index contributed by atoms with van der Waals surface area (Å²) in [6.45, 7) is 3.73. The monoisotopic (exact) mass is 665 g/mol. The van der Waals surface area contributed by atoms with Gasteiger partial charge in [-0.25, -0.2) is 17.8 Å². The van der Waals surface area contributed by atoms with Crippen LogP contribution in [0.15, 0.2) is 59.9 Å². The molecule has 1 aliphatic heterocycles. The maximum atomic E-state index is 15.6. The third-order valence-electron chi connectivity index (χ3n) is 8.28. The largest absolute Gasteiger partial charge is 0.481 e. The summed E-state index contributed by atoms with van der Waals surface area (Å²) < 4.78 is 63.6. The van der Waals surface area contributed by atoms with Crippen molar-refractivity contribution in [1.82, 2.24) is 15.3 Å². The fraction of sp³-hybridized carbons (Fsp3) is 0.353. The molecule has 0 saturated heterocycles. The number of hydrogen-bond donors (Lipinski definition) is 4. The van der Waals surface area contributed by atoms with Gasteiger partial charge in [0.15, 0.2) is 27.2 Å². The van der Waals surface area contributed by atoms with Gasteiger partial charge in [0.1, 0.15) is 17.3 Å². The number of carboxylic acids is 1. The Kier molecular flexibility index (Phi) is 9.76. The summed E-state index contributed by atoms with van der Waals surface area (Å²) in [5.41, 5.74) is 1.06. The van der Waals surface area contributed by atoms with Crippen LogP contribution in [0.3, 0.4) is 0 Å². The average molecular weight is 666 g/mol. The predicted octanol–water partition coefficient (Wildman–Crippen LogP) is 6.15. The van der Waals surface area contributed by atoms with E-state index in [-0.39, 0.29) is 58.5 Å². The molecule has 4 aromatic rings. The quantitative estimate of drug-likeness (QED) is 0.204. The molecular weight excluding hydrogens is 628 g/mol. The van der Waals surface area contributed by atoms with Gasteiger partial charge in [0.05, 0.1) is 23.4 Å². The Hall–Kier alpha value is -4.65. The molecule has 0 fully saturated rings. The Balaban J connectivity index is 1.62. The second kappa shape index (κ2) is 13.6. The van der Waals surface area contributed by atoms with Crippen molar-refractivity contribution in [3.05, 3.63) is 88.9 Å². The van der Waals surface area contributed by atoms with Gasteiger partial charge in [0.25, 0.3) is 0 Å². The molecule has 0 amide bonds. The number of rotatable bonds is 3. The topological polar surface area (TPSA) is 158 Å². The molecule has 1 atom stereocenters. The standard InChI is InChI=1S/C34H37F2N5O5S/c1-34(2)12-5-8-23(21-7-4-6-20(16-21)17-27(42)43)32(37)41-33(38-3)26-18-22(9-13-39-26)46-31-25(11-15-47(44,45)19-34)24-10-14-40-30(24)28(35)29(31)36/h4,6-7,9-10,13-14,16,18,23,40H,5,8,11-12,15,17,19H2,1-3H3,(H,42,43)(H2,37,38,41). The van der Waals surface area contributed by atoms with Gasteiger partial charge in [0.2, 0.25) is 5.82 Å². The number of benzene rings is 2. The molecular formula is C34H37F2N5O5S. The summed E-state index contributed by atoms with van der Waals surface area (Å²) in [6, 6.07) is 11.5. The van der Waals surface area contributed by atoms with Crippen molar-refractivity contribution in [2.45, 2.75) is 51.9 Å². The second-order valence-electron chi connectivity index (χ2n) is 12.5. The Labute approximate surface area is 271 Å². The summed E-state index contributed by atoms with van der Waals surface area (Å²) in [6.07, 6.45) is 4.11. The van der Waals surface area contributed by atoms with Crippen LogP contribution in [-0.2, 0) is 27.5 Å². The summed E-state index contributed by atoms with van der Waals surface area (Å²) in [7, 11) is -2.05. The van der Waals surface area contributed by atoms with Crippen LogP contribution in [0.2, 0.25) is 0 Å². The Morgan fingerprint density at radius 2 is 1.98 bits per heavy atom. The van der Waals surface area contributed by atoms with Crippen LogP contribution in [0, 0.1) is 22.5 Å². The highest BCUT2D eigenvalue weighted by Crippen LogP contribution is 2.38. The Morgan fingerprint density at radius 1 is 1.19 bits per heavy atom. The van der Waals surface area contributed by atoms with Gasteiger partial charge in [-0.3, -0.25) is 15.2 Å². The molecule has 3 heterocycles. The number of aryl methyl sites for hydroxylation is 1. The van der Waals surface area contributed by atoms with Crippen LogP contribution in [-0.4, -0.2) is 59.7 Å². The molecule has 0 aliphatic carbocycles. The molecule has 5 rings (SSSR count). The van der Waals surface area contributed by atoms with E-state index in [2.05, 4.69) is 20.3 Å². The van der Waals surface area contributed by atoms with Gasteiger partial charge in [-0.15, -0.1) is 0 Å². The molecule has 248 valence electrons.